The Labute approximate surface area is 101 Å². The maximum atomic E-state index is 12.4. The number of nitrogens with one attached hydrogen (secondary N) is 1. The van der Waals surface area contributed by atoms with Crippen molar-refractivity contribution in [3.8, 4) is 0 Å². The summed E-state index contributed by atoms with van der Waals surface area (Å²) >= 11 is 2.90. The van der Waals surface area contributed by atoms with E-state index in [-0.39, 0.29) is 11.8 Å². The summed E-state index contributed by atoms with van der Waals surface area (Å²) in [5.41, 5.74) is -0.811. The average molecular weight is 306 g/mol. The molecule has 0 radical (unpaired) electrons. The van der Waals surface area contributed by atoms with Crippen molar-refractivity contribution in [2.45, 2.75) is 45.0 Å². The van der Waals surface area contributed by atoms with Gasteiger partial charge in [-0.15, -0.1) is 0 Å². The summed E-state index contributed by atoms with van der Waals surface area (Å²) in [5.74, 6) is 0. The van der Waals surface area contributed by atoms with Crippen molar-refractivity contribution in [2.75, 3.05) is 5.33 Å². The normalized spacial score (nSPS) is 14.4. The highest BCUT2D eigenvalue weighted by Gasteiger charge is 2.40. The van der Waals surface area contributed by atoms with E-state index >= 15 is 0 Å². The zero-order valence-electron chi connectivity index (χ0n) is 9.32. The lowest BCUT2D eigenvalue weighted by molar-refractivity contribution is -0.155. The van der Waals surface area contributed by atoms with E-state index in [1.165, 1.54) is 0 Å². The van der Waals surface area contributed by atoms with Gasteiger partial charge in [0.1, 0.15) is 11.6 Å². The summed E-state index contributed by atoms with van der Waals surface area (Å²) in [5, 5.41) is 1.94. The second-order valence-electron chi connectivity index (χ2n) is 4.22. The van der Waals surface area contributed by atoms with Gasteiger partial charge in [-0.2, -0.15) is 13.2 Å². The SMILES string of the molecule is CC(C)(C)OC(=O)NC(CCBr)C(F)(F)F. The molecule has 3 nitrogen and oxygen atoms in total. The van der Waals surface area contributed by atoms with Gasteiger partial charge >= 0.3 is 12.3 Å². The molecule has 0 spiro atoms. The highest BCUT2D eigenvalue weighted by atomic mass is 79.9. The van der Waals surface area contributed by atoms with Crippen LogP contribution < -0.4 is 5.32 Å². The van der Waals surface area contributed by atoms with Gasteiger partial charge in [0.15, 0.2) is 0 Å². The second-order valence-corrected chi connectivity index (χ2v) is 5.01. The highest BCUT2D eigenvalue weighted by molar-refractivity contribution is 9.09. The van der Waals surface area contributed by atoms with Gasteiger partial charge in [-0.1, -0.05) is 15.9 Å². The zero-order chi connectivity index (χ0) is 13.0. The average Bonchev–Trinajstić information content (AvgIpc) is 1.97. The molecule has 16 heavy (non-hydrogen) atoms. The van der Waals surface area contributed by atoms with E-state index in [4.69, 9.17) is 4.74 Å². The second kappa shape index (κ2) is 5.75. The van der Waals surface area contributed by atoms with E-state index < -0.39 is 23.9 Å². The molecule has 0 saturated carbocycles. The first-order chi connectivity index (χ1) is 7.06. The maximum Gasteiger partial charge on any atom is 0.408 e. The first-order valence-electron chi connectivity index (χ1n) is 4.68. The first-order valence-corrected chi connectivity index (χ1v) is 5.80. The van der Waals surface area contributed by atoms with Gasteiger partial charge < -0.3 is 10.1 Å². The molecule has 0 bridgehead atoms. The van der Waals surface area contributed by atoms with E-state index in [1.54, 1.807) is 26.1 Å². The minimum atomic E-state index is -4.47. The van der Waals surface area contributed by atoms with E-state index in [1.807, 2.05) is 0 Å². The smallest absolute Gasteiger partial charge is 0.408 e. The van der Waals surface area contributed by atoms with E-state index in [0.29, 0.717) is 0 Å². The molecule has 0 fully saturated rings. The van der Waals surface area contributed by atoms with Crippen LogP contribution in [0.15, 0.2) is 0 Å². The minimum absolute atomic E-state index is 0.146. The highest BCUT2D eigenvalue weighted by Crippen LogP contribution is 2.23. The van der Waals surface area contributed by atoms with Crippen LogP contribution in [0.4, 0.5) is 18.0 Å². The predicted octanol–water partition coefficient (Wildman–Crippen LogP) is 3.23. The topological polar surface area (TPSA) is 38.3 Å². The lowest BCUT2D eigenvalue weighted by atomic mass is 10.2. The minimum Gasteiger partial charge on any atom is -0.444 e. The van der Waals surface area contributed by atoms with Crippen molar-refractivity contribution in [3.05, 3.63) is 0 Å². The third-order valence-electron chi connectivity index (χ3n) is 1.48. The molecule has 0 aromatic heterocycles. The van der Waals surface area contributed by atoms with Crippen LogP contribution in [0.1, 0.15) is 27.2 Å². The van der Waals surface area contributed by atoms with E-state index in [0.717, 1.165) is 0 Å². The lowest BCUT2D eigenvalue weighted by Gasteiger charge is -2.24. The summed E-state index contributed by atoms with van der Waals surface area (Å²) in [4.78, 5) is 11.1. The molecule has 0 aliphatic heterocycles. The van der Waals surface area contributed by atoms with Crippen LogP contribution >= 0.6 is 15.9 Å². The van der Waals surface area contributed by atoms with Crippen molar-refractivity contribution in [3.63, 3.8) is 0 Å². The Morgan fingerprint density at radius 1 is 1.38 bits per heavy atom. The Kier molecular flexibility index (Phi) is 5.58. The number of carbonyl (C=O) groups excluding carboxylic acids is 1. The largest absolute Gasteiger partial charge is 0.444 e. The summed E-state index contributed by atoms with van der Waals surface area (Å²) in [6.07, 6.45) is -5.76. The Bertz CT molecular complexity index is 238. The molecule has 0 aromatic rings. The standard InChI is InChI=1S/C9H15BrF3NO2/c1-8(2,3)16-7(15)14-6(4-5-10)9(11,12)13/h6H,4-5H2,1-3H3,(H,14,15). The van der Waals surface area contributed by atoms with Crippen molar-refractivity contribution in [2.24, 2.45) is 0 Å². The number of alkyl carbamates (subject to hydrolysis) is 1. The van der Waals surface area contributed by atoms with Gasteiger partial charge in [0.05, 0.1) is 0 Å². The van der Waals surface area contributed by atoms with Crippen molar-refractivity contribution in [1.29, 1.82) is 0 Å². The van der Waals surface area contributed by atoms with Crippen molar-refractivity contribution in [1.82, 2.24) is 5.32 Å². The Hall–Kier alpha value is -0.460. The molecule has 1 atom stereocenters. The van der Waals surface area contributed by atoms with E-state index in [9.17, 15) is 18.0 Å². The van der Waals surface area contributed by atoms with Gasteiger partial charge in [-0.25, -0.2) is 4.79 Å². The molecule has 7 heteroatoms. The number of rotatable bonds is 3. The Morgan fingerprint density at radius 2 is 1.88 bits per heavy atom. The van der Waals surface area contributed by atoms with Crippen LogP contribution in [0.3, 0.4) is 0 Å². The van der Waals surface area contributed by atoms with Gasteiger partial charge in [0.25, 0.3) is 0 Å². The molecule has 0 aliphatic carbocycles. The van der Waals surface area contributed by atoms with E-state index in [2.05, 4.69) is 15.9 Å². The van der Waals surface area contributed by atoms with Gasteiger partial charge in [0.2, 0.25) is 0 Å². The number of hydrogen-bond donors (Lipinski definition) is 1. The molecule has 0 saturated heterocycles. The number of ether oxygens (including phenoxy) is 1. The molecule has 1 unspecified atom stereocenters. The third kappa shape index (κ3) is 6.92. The fourth-order valence-electron chi connectivity index (χ4n) is 0.877. The number of hydrogen-bond acceptors (Lipinski definition) is 2. The summed E-state index contributed by atoms with van der Waals surface area (Å²) in [7, 11) is 0. The van der Waals surface area contributed by atoms with Crippen LogP contribution in [0.2, 0.25) is 0 Å². The van der Waals surface area contributed by atoms with Crippen molar-refractivity contribution < 1.29 is 22.7 Å². The number of alkyl halides is 4. The maximum absolute atomic E-state index is 12.4. The van der Waals surface area contributed by atoms with Crippen LogP contribution in [-0.2, 0) is 4.74 Å². The molecule has 0 heterocycles. The molecule has 0 aromatic carbocycles. The molecule has 0 aliphatic rings. The monoisotopic (exact) mass is 305 g/mol. The number of carbonyl (C=O) groups is 1. The molecule has 1 N–H and O–H groups in total. The number of halogens is 4. The Balaban J connectivity index is 4.36. The molecule has 1 amide bonds. The fourth-order valence-corrected chi connectivity index (χ4v) is 1.33. The first kappa shape index (κ1) is 15.5. The molecule has 0 rings (SSSR count). The fraction of sp³-hybridized carbons (Fsp3) is 0.889. The van der Waals surface area contributed by atoms with Gasteiger partial charge in [-0.05, 0) is 27.2 Å². The van der Waals surface area contributed by atoms with Crippen LogP contribution in [0.5, 0.6) is 0 Å². The summed E-state index contributed by atoms with van der Waals surface area (Å²) in [6.45, 7) is 4.75. The molecular formula is C9H15BrF3NO2. The van der Waals surface area contributed by atoms with Crippen LogP contribution in [0, 0.1) is 0 Å². The van der Waals surface area contributed by atoms with Gasteiger partial charge in [-0.3, -0.25) is 0 Å². The van der Waals surface area contributed by atoms with Crippen LogP contribution in [0.25, 0.3) is 0 Å². The Morgan fingerprint density at radius 3 is 2.19 bits per heavy atom. The lowest BCUT2D eigenvalue weighted by Crippen LogP contribution is -2.47. The molecular weight excluding hydrogens is 291 g/mol. The predicted molar refractivity (Wildman–Crippen MR) is 57.6 cm³/mol. The van der Waals surface area contributed by atoms with Crippen LogP contribution in [-0.4, -0.2) is 29.2 Å². The third-order valence-corrected chi connectivity index (χ3v) is 1.94. The number of amides is 1. The molecule has 96 valence electrons. The van der Waals surface area contributed by atoms with Gasteiger partial charge in [0, 0.05) is 5.33 Å². The van der Waals surface area contributed by atoms with Crippen molar-refractivity contribution >= 4 is 22.0 Å². The quantitative estimate of drug-likeness (QED) is 0.813. The summed E-state index contributed by atoms with van der Waals surface area (Å²) in [6, 6.07) is -1.89. The summed E-state index contributed by atoms with van der Waals surface area (Å²) < 4.78 is 42.0. The zero-order valence-corrected chi connectivity index (χ0v) is 10.9.